The average molecular weight is 326 g/mol. The molecule has 1 N–H and O–H groups in total. The van der Waals surface area contributed by atoms with E-state index in [0.717, 1.165) is 11.3 Å². The standard InChI is InChI=1S/C18H18N2O4/c21-17(23-13-14-7-3-1-4-8-14)19-11-16-12-20(18(22)24-16)15-9-5-2-6-10-15/h1-10,16H,11-13H2,(H,19,21). The molecule has 1 saturated heterocycles. The number of carbonyl (C=O) groups excluding carboxylic acids is 2. The van der Waals surface area contributed by atoms with Gasteiger partial charge in [-0.3, -0.25) is 4.90 Å². The molecular weight excluding hydrogens is 308 g/mol. The Morgan fingerprint density at radius 2 is 1.79 bits per heavy atom. The number of para-hydroxylation sites is 1. The van der Waals surface area contributed by atoms with Crippen molar-refractivity contribution >= 4 is 17.9 Å². The summed E-state index contributed by atoms with van der Waals surface area (Å²) in [5.74, 6) is 0. The van der Waals surface area contributed by atoms with Gasteiger partial charge in [-0.1, -0.05) is 48.5 Å². The number of alkyl carbamates (subject to hydrolysis) is 1. The molecule has 0 aliphatic carbocycles. The summed E-state index contributed by atoms with van der Waals surface area (Å²) in [6.07, 6.45) is -1.35. The molecule has 2 aromatic carbocycles. The lowest BCUT2D eigenvalue weighted by Crippen LogP contribution is -2.34. The Balaban J connectivity index is 1.44. The number of nitrogens with zero attached hydrogens (tertiary/aromatic N) is 1. The number of rotatable bonds is 5. The zero-order valence-electron chi connectivity index (χ0n) is 13.1. The number of carbonyl (C=O) groups is 2. The SMILES string of the molecule is O=C(NCC1CN(c2ccccc2)C(=O)O1)OCc1ccccc1. The number of hydrogen-bond donors (Lipinski definition) is 1. The first-order chi connectivity index (χ1) is 11.7. The molecule has 0 aromatic heterocycles. The second kappa shape index (κ2) is 7.50. The fourth-order valence-corrected chi connectivity index (χ4v) is 2.42. The fourth-order valence-electron chi connectivity index (χ4n) is 2.42. The van der Waals surface area contributed by atoms with Gasteiger partial charge in [0.2, 0.25) is 0 Å². The van der Waals surface area contributed by atoms with E-state index < -0.39 is 18.3 Å². The summed E-state index contributed by atoms with van der Waals surface area (Å²) in [4.78, 5) is 25.2. The van der Waals surface area contributed by atoms with E-state index in [1.54, 1.807) is 4.90 Å². The third-order valence-electron chi connectivity index (χ3n) is 3.63. The summed E-state index contributed by atoms with van der Waals surface area (Å²) in [6, 6.07) is 18.7. The van der Waals surface area contributed by atoms with Gasteiger partial charge in [-0.05, 0) is 17.7 Å². The van der Waals surface area contributed by atoms with Gasteiger partial charge >= 0.3 is 12.2 Å². The number of ether oxygens (including phenoxy) is 2. The first kappa shape index (κ1) is 15.9. The van der Waals surface area contributed by atoms with Gasteiger partial charge < -0.3 is 14.8 Å². The van der Waals surface area contributed by atoms with Gasteiger partial charge in [-0.25, -0.2) is 9.59 Å². The van der Waals surface area contributed by atoms with Gasteiger partial charge in [0.05, 0.1) is 13.1 Å². The summed E-state index contributed by atoms with van der Waals surface area (Å²) in [7, 11) is 0. The number of hydrogen-bond acceptors (Lipinski definition) is 4. The minimum absolute atomic E-state index is 0.202. The van der Waals surface area contributed by atoms with Crippen LogP contribution in [0.4, 0.5) is 15.3 Å². The van der Waals surface area contributed by atoms with E-state index >= 15 is 0 Å². The molecule has 124 valence electrons. The molecule has 2 aromatic rings. The Hall–Kier alpha value is -3.02. The Morgan fingerprint density at radius 3 is 2.50 bits per heavy atom. The van der Waals surface area contributed by atoms with E-state index in [4.69, 9.17) is 9.47 Å². The molecule has 0 spiro atoms. The highest BCUT2D eigenvalue weighted by molar-refractivity contribution is 5.89. The first-order valence-electron chi connectivity index (χ1n) is 7.70. The Labute approximate surface area is 140 Å². The highest BCUT2D eigenvalue weighted by atomic mass is 16.6. The van der Waals surface area contributed by atoms with Crippen LogP contribution in [0.5, 0.6) is 0 Å². The number of cyclic esters (lactones) is 1. The van der Waals surface area contributed by atoms with E-state index in [1.165, 1.54) is 0 Å². The zero-order valence-corrected chi connectivity index (χ0v) is 13.1. The molecule has 1 aliphatic heterocycles. The molecule has 1 fully saturated rings. The van der Waals surface area contributed by atoms with Crippen LogP contribution in [-0.4, -0.2) is 31.4 Å². The maximum Gasteiger partial charge on any atom is 0.414 e. The molecule has 24 heavy (non-hydrogen) atoms. The molecule has 3 rings (SSSR count). The molecular formula is C18H18N2O4. The van der Waals surface area contributed by atoms with Crippen molar-refractivity contribution in [2.45, 2.75) is 12.7 Å². The molecule has 0 bridgehead atoms. The van der Waals surface area contributed by atoms with E-state index in [1.807, 2.05) is 60.7 Å². The molecule has 6 nitrogen and oxygen atoms in total. The van der Waals surface area contributed by atoms with Gasteiger partial charge in [-0.2, -0.15) is 0 Å². The second-order valence-electron chi connectivity index (χ2n) is 5.39. The molecule has 1 heterocycles. The van der Waals surface area contributed by atoms with Gasteiger partial charge in [0.25, 0.3) is 0 Å². The maximum atomic E-state index is 11.9. The Morgan fingerprint density at radius 1 is 1.12 bits per heavy atom. The lowest BCUT2D eigenvalue weighted by Gasteiger charge is -2.12. The van der Waals surface area contributed by atoms with Crippen LogP contribution in [0.3, 0.4) is 0 Å². The number of anilines is 1. The minimum Gasteiger partial charge on any atom is -0.445 e. The molecule has 1 aliphatic rings. The van der Waals surface area contributed by atoms with Crippen molar-refractivity contribution in [2.75, 3.05) is 18.0 Å². The summed E-state index contributed by atoms with van der Waals surface area (Å²) in [5, 5.41) is 2.62. The van der Waals surface area contributed by atoms with Crippen molar-refractivity contribution in [3.63, 3.8) is 0 Å². The van der Waals surface area contributed by atoms with Crippen molar-refractivity contribution < 1.29 is 19.1 Å². The normalized spacial score (nSPS) is 16.6. The average Bonchev–Trinajstić information content (AvgIpc) is 3.00. The second-order valence-corrected chi connectivity index (χ2v) is 5.39. The minimum atomic E-state index is -0.534. The van der Waals surface area contributed by atoms with Crippen molar-refractivity contribution in [3.8, 4) is 0 Å². The summed E-state index contributed by atoms with van der Waals surface area (Å²) in [5.41, 5.74) is 1.69. The van der Waals surface area contributed by atoms with Crippen LogP contribution in [0.25, 0.3) is 0 Å². The first-order valence-corrected chi connectivity index (χ1v) is 7.70. The summed E-state index contributed by atoms with van der Waals surface area (Å²) >= 11 is 0. The molecule has 2 amide bonds. The van der Waals surface area contributed by atoms with Crippen LogP contribution in [0, 0.1) is 0 Å². The van der Waals surface area contributed by atoms with E-state index in [-0.39, 0.29) is 13.2 Å². The van der Waals surface area contributed by atoms with Crippen molar-refractivity contribution in [2.24, 2.45) is 0 Å². The van der Waals surface area contributed by atoms with Gasteiger partial charge in [-0.15, -0.1) is 0 Å². The fraction of sp³-hybridized carbons (Fsp3) is 0.222. The van der Waals surface area contributed by atoms with Crippen LogP contribution in [0.2, 0.25) is 0 Å². The van der Waals surface area contributed by atoms with Crippen LogP contribution < -0.4 is 10.2 Å². The highest BCUT2D eigenvalue weighted by Gasteiger charge is 2.32. The van der Waals surface area contributed by atoms with Crippen LogP contribution in [0.1, 0.15) is 5.56 Å². The maximum absolute atomic E-state index is 11.9. The lowest BCUT2D eigenvalue weighted by atomic mass is 10.2. The lowest BCUT2D eigenvalue weighted by molar-refractivity contribution is 0.121. The van der Waals surface area contributed by atoms with E-state index in [9.17, 15) is 9.59 Å². The van der Waals surface area contributed by atoms with E-state index in [0.29, 0.717) is 6.54 Å². The molecule has 0 saturated carbocycles. The van der Waals surface area contributed by atoms with Crippen molar-refractivity contribution in [3.05, 3.63) is 66.2 Å². The number of nitrogens with one attached hydrogen (secondary N) is 1. The molecule has 1 unspecified atom stereocenters. The molecule has 6 heteroatoms. The summed E-state index contributed by atoms with van der Waals surface area (Å²) < 4.78 is 10.4. The third kappa shape index (κ3) is 4.04. The zero-order chi connectivity index (χ0) is 16.8. The molecule has 1 atom stereocenters. The predicted molar refractivity (Wildman–Crippen MR) is 88.7 cm³/mol. The van der Waals surface area contributed by atoms with E-state index in [2.05, 4.69) is 5.32 Å². The van der Waals surface area contributed by atoms with Crippen molar-refractivity contribution in [1.29, 1.82) is 0 Å². The van der Waals surface area contributed by atoms with Gasteiger partial charge in [0, 0.05) is 5.69 Å². The number of benzene rings is 2. The predicted octanol–water partition coefficient (Wildman–Crippen LogP) is 2.94. The Kier molecular flexibility index (Phi) is 4.96. The smallest absolute Gasteiger partial charge is 0.414 e. The Bertz CT molecular complexity index is 691. The monoisotopic (exact) mass is 326 g/mol. The third-order valence-corrected chi connectivity index (χ3v) is 3.63. The quantitative estimate of drug-likeness (QED) is 0.917. The van der Waals surface area contributed by atoms with Crippen LogP contribution in [0.15, 0.2) is 60.7 Å². The van der Waals surface area contributed by atoms with Crippen molar-refractivity contribution in [1.82, 2.24) is 5.32 Å². The van der Waals surface area contributed by atoms with Gasteiger partial charge in [0.15, 0.2) is 0 Å². The highest BCUT2D eigenvalue weighted by Crippen LogP contribution is 2.20. The van der Waals surface area contributed by atoms with Gasteiger partial charge in [0.1, 0.15) is 12.7 Å². The van der Waals surface area contributed by atoms with Crippen LogP contribution in [-0.2, 0) is 16.1 Å². The topological polar surface area (TPSA) is 67.9 Å². The largest absolute Gasteiger partial charge is 0.445 e. The molecule has 0 radical (unpaired) electrons. The van der Waals surface area contributed by atoms with Crippen LogP contribution >= 0.6 is 0 Å². The summed E-state index contributed by atoms with van der Waals surface area (Å²) in [6.45, 7) is 0.803. The number of amides is 2.